The van der Waals surface area contributed by atoms with E-state index in [9.17, 15) is 17.2 Å². The minimum Gasteiger partial charge on any atom is -0.370 e. The summed E-state index contributed by atoms with van der Waals surface area (Å²) in [6, 6.07) is 4.08. The Morgan fingerprint density at radius 2 is 1.84 bits per heavy atom. The summed E-state index contributed by atoms with van der Waals surface area (Å²) in [5, 5.41) is 5.95. The zero-order chi connectivity index (χ0) is 18.4. The number of aromatic nitrogens is 2. The first-order chi connectivity index (χ1) is 11.8. The highest BCUT2D eigenvalue weighted by atomic mass is 32.2. The SMILES string of the molecule is CCNc1cc(C)nc(NCCNS(=O)(=O)c2ccc(F)cc2F)n1. The molecule has 25 heavy (non-hydrogen) atoms. The number of aryl methyl sites for hydroxylation is 1. The molecule has 0 atom stereocenters. The van der Waals surface area contributed by atoms with Crippen molar-refractivity contribution in [2.24, 2.45) is 0 Å². The quantitative estimate of drug-likeness (QED) is 0.613. The Hall–Kier alpha value is -2.33. The predicted octanol–water partition coefficient (Wildman–Crippen LogP) is 1.89. The number of rotatable bonds is 8. The molecule has 0 unspecified atom stereocenters. The van der Waals surface area contributed by atoms with Crippen molar-refractivity contribution in [2.45, 2.75) is 18.7 Å². The third-order valence-electron chi connectivity index (χ3n) is 3.10. The Kier molecular flexibility index (Phi) is 6.21. The fourth-order valence-corrected chi connectivity index (χ4v) is 3.14. The highest BCUT2D eigenvalue weighted by Gasteiger charge is 2.18. The molecule has 0 fully saturated rings. The number of nitrogens with zero attached hydrogens (tertiary/aromatic N) is 2. The van der Waals surface area contributed by atoms with Gasteiger partial charge in [0.1, 0.15) is 22.3 Å². The summed E-state index contributed by atoms with van der Waals surface area (Å²) < 4.78 is 52.7. The average Bonchev–Trinajstić information content (AvgIpc) is 2.51. The van der Waals surface area contributed by atoms with Crippen LogP contribution in [-0.4, -0.2) is 38.0 Å². The van der Waals surface area contributed by atoms with E-state index < -0.39 is 26.6 Å². The van der Waals surface area contributed by atoms with Crippen LogP contribution in [0.5, 0.6) is 0 Å². The first-order valence-corrected chi connectivity index (χ1v) is 9.08. The van der Waals surface area contributed by atoms with Gasteiger partial charge >= 0.3 is 0 Å². The maximum absolute atomic E-state index is 13.6. The summed E-state index contributed by atoms with van der Waals surface area (Å²) in [7, 11) is -4.07. The van der Waals surface area contributed by atoms with E-state index in [0.29, 0.717) is 24.4 Å². The Balaban J connectivity index is 1.94. The van der Waals surface area contributed by atoms with Crippen molar-refractivity contribution in [3.05, 3.63) is 41.6 Å². The predicted molar refractivity (Wildman–Crippen MR) is 91.0 cm³/mol. The first-order valence-electron chi connectivity index (χ1n) is 7.60. The molecule has 2 aromatic rings. The number of halogens is 2. The van der Waals surface area contributed by atoms with Gasteiger partial charge in [-0.3, -0.25) is 0 Å². The molecule has 0 saturated heterocycles. The van der Waals surface area contributed by atoms with Crippen molar-refractivity contribution in [3.8, 4) is 0 Å². The first kappa shape index (κ1) is 19.0. The lowest BCUT2D eigenvalue weighted by atomic mass is 10.3. The van der Waals surface area contributed by atoms with E-state index in [-0.39, 0.29) is 13.1 Å². The summed E-state index contributed by atoms with van der Waals surface area (Å²) in [6.07, 6.45) is 0. The highest BCUT2D eigenvalue weighted by Crippen LogP contribution is 2.15. The van der Waals surface area contributed by atoms with Gasteiger partial charge in [-0.05, 0) is 26.0 Å². The second kappa shape index (κ2) is 8.17. The Bertz CT molecular complexity index is 846. The molecule has 0 bridgehead atoms. The fourth-order valence-electron chi connectivity index (χ4n) is 2.05. The average molecular weight is 371 g/mol. The van der Waals surface area contributed by atoms with Crippen molar-refractivity contribution in [2.75, 3.05) is 30.3 Å². The molecule has 0 saturated carbocycles. The molecule has 3 N–H and O–H groups in total. The summed E-state index contributed by atoms with van der Waals surface area (Å²) in [5.41, 5.74) is 0.752. The molecule has 1 aromatic carbocycles. The van der Waals surface area contributed by atoms with Gasteiger partial charge in [0.2, 0.25) is 16.0 Å². The molecule has 0 aliphatic heterocycles. The van der Waals surface area contributed by atoms with E-state index >= 15 is 0 Å². The Labute approximate surface area is 144 Å². The normalized spacial score (nSPS) is 11.4. The Morgan fingerprint density at radius 1 is 1.08 bits per heavy atom. The summed E-state index contributed by atoms with van der Waals surface area (Å²) in [4.78, 5) is 7.82. The lowest BCUT2D eigenvalue weighted by Crippen LogP contribution is -2.30. The second-order valence-corrected chi connectivity index (χ2v) is 6.88. The Morgan fingerprint density at radius 3 is 2.52 bits per heavy atom. The van der Waals surface area contributed by atoms with E-state index in [1.165, 1.54) is 0 Å². The van der Waals surface area contributed by atoms with Gasteiger partial charge in [-0.1, -0.05) is 0 Å². The molecule has 10 heteroatoms. The number of benzene rings is 1. The van der Waals surface area contributed by atoms with E-state index in [1.807, 2.05) is 13.8 Å². The molecule has 0 radical (unpaired) electrons. The van der Waals surface area contributed by atoms with Gasteiger partial charge in [0, 0.05) is 37.5 Å². The molecular formula is C15H19F2N5O2S. The van der Waals surface area contributed by atoms with Crippen LogP contribution in [-0.2, 0) is 10.0 Å². The van der Waals surface area contributed by atoms with Gasteiger partial charge in [0.25, 0.3) is 0 Å². The molecule has 0 amide bonds. The van der Waals surface area contributed by atoms with Crippen molar-refractivity contribution in [1.29, 1.82) is 0 Å². The van der Waals surface area contributed by atoms with Crippen LogP contribution < -0.4 is 15.4 Å². The highest BCUT2D eigenvalue weighted by molar-refractivity contribution is 7.89. The molecule has 1 heterocycles. The molecule has 1 aromatic heterocycles. The third-order valence-corrected chi connectivity index (χ3v) is 4.59. The van der Waals surface area contributed by atoms with Gasteiger partial charge in [-0.2, -0.15) is 4.98 Å². The van der Waals surface area contributed by atoms with E-state index in [1.54, 1.807) is 6.07 Å². The maximum atomic E-state index is 13.6. The van der Waals surface area contributed by atoms with Crippen molar-refractivity contribution in [3.63, 3.8) is 0 Å². The van der Waals surface area contributed by atoms with Crippen LogP contribution in [0.3, 0.4) is 0 Å². The molecule has 2 rings (SSSR count). The summed E-state index contributed by atoms with van der Waals surface area (Å²) in [5.74, 6) is -0.974. The van der Waals surface area contributed by atoms with Gasteiger partial charge < -0.3 is 10.6 Å². The monoisotopic (exact) mass is 371 g/mol. The lowest BCUT2D eigenvalue weighted by Gasteiger charge is -2.10. The smallest absolute Gasteiger partial charge is 0.243 e. The zero-order valence-electron chi connectivity index (χ0n) is 13.8. The topological polar surface area (TPSA) is 96.0 Å². The molecule has 0 spiro atoms. The lowest BCUT2D eigenvalue weighted by molar-refractivity contribution is 0.543. The molecular weight excluding hydrogens is 352 g/mol. The van der Waals surface area contributed by atoms with E-state index in [2.05, 4.69) is 25.3 Å². The minimum absolute atomic E-state index is 0.0208. The van der Waals surface area contributed by atoms with E-state index in [0.717, 1.165) is 17.8 Å². The van der Waals surface area contributed by atoms with Crippen molar-refractivity contribution < 1.29 is 17.2 Å². The van der Waals surface area contributed by atoms with Crippen LogP contribution >= 0.6 is 0 Å². The van der Waals surface area contributed by atoms with E-state index in [4.69, 9.17) is 0 Å². The third kappa shape index (κ3) is 5.33. The van der Waals surface area contributed by atoms with Gasteiger partial charge in [0.15, 0.2) is 0 Å². The number of hydrogen-bond donors (Lipinski definition) is 3. The fraction of sp³-hybridized carbons (Fsp3) is 0.333. The number of nitrogens with one attached hydrogen (secondary N) is 3. The van der Waals surface area contributed by atoms with Gasteiger partial charge in [0.05, 0.1) is 0 Å². The van der Waals surface area contributed by atoms with Gasteiger partial charge in [-0.15, -0.1) is 0 Å². The van der Waals surface area contributed by atoms with Crippen molar-refractivity contribution in [1.82, 2.24) is 14.7 Å². The van der Waals surface area contributed by atoms with Crippen LogP contribution in [0.2, 0.25) is 0 Å². The second-order valence-electron chi connectivity index (χ2n) is 5.15. The van der Waals surface area contributed by atoms with Gasteiger partial charge in [-0.25, -0.2) is 26.9 Å². The van der Waals surface area contributed by atoms with Crippen LogP contribution in [0.15, 0.2) is 29.2 Å². The maximum Gasteiger partial charge on any atom is 0.243 e. The van der Waals surface area contributed by atoms with Crippen LogP contribution in [0.1, 0.15) is 12.6 Å². The standard InChI is InChI=1S/C15H19F2N5O2S/c1-3-18-14-8-10(2)21-15(22-14)19-6-7-20-25(23,24)13-5-4-11(16)9-12(13)17/h4-5,8-9,20H,3,6-7H2,1-2H3,(H2,18,19,21,22). The molecule has 136 valence electrons. The molecule has 0 aliphatic carbocycles. The number of sulfonamides is 1. The minimum atomic E-state index is -4.07. The summed E-state index contributed by atoms with van der Waals surface area (Å²) >= 11 is 0. The number of anilines is 2. The van der Waals surface area contributed by atoms with Crippen molar-refractivity contribution >= 4 is 21.8 Å². The zero-order valence-corrected chi connectivity index (χ0v) is 14.6. The summed E-state index contributed by atoms with van der Waals surface area (Å²) in [6.45, 7) is 4.63. The molecule has 0 aliphatic rings. The van der Waals surface area contributed by atoms with Crippen LogP contribution in [0, 0.1) is 18.6 Å². The largest absolute Gasteiger partial charge is 0.370 e. The molecule has 7 nitrogen and oxygen atoms in total. The number of hydrogen-bond acceptors (Lipinski definition) is 6. The van der Waals surface area contributed by atoms with Crippen LogP contribution in [0.4, 0.5) is 20.5 Å². The van der Waals surface area contributed by atoms with Crippen LogP contribution in [0.25, 0.3) is 0 Å².